The molecule has 0 aromatic carbocycles. The van der Waals surface area contributed by atoms with Crippen LogP contribution in [0.3, 0.4) is 0 Å². The summed E-state index contributed by atoms with van der Waals surface area (Å²) in [5.74, 6) is -0.0429. The Morgan fingerprint density at radius 2 is 2.22 bits per heavy atom. The van der Waals surface area contributed by atoms with Gasteiger partial charge in [-0.3, -0.25) is 4.79 Å². The van der Waals surface area contributed by atoms with Gasteiger partial charge in [0, 0.05) is 38.4 Å². The van der Waals surface area contributed by atoms with E-state index in [1.54, 1.807) is 12.1 Å². The maximum atomic E-state index is 12.9. The van der Waals surface area contributed by atoms with Gasteiger partial charge in [-0.2, -0.15) is 9.37 Å². The van der Waals surface area contributed by atoms with Gasteiger partial charge in [-0.15, -0.1) is 0 Å². The Hall–Kier alpha value is -1.65. The second kappa shape index (κ2) is 5.80. The molecule has 0 bridgehead atoms. The molecule has 1 aromatic heterocycles. The minimum atomic E-state index is -0.536. The second-order valence-electron chi connectivity index (χ2n) is 4.35. The lowest BCUT2D eigenvalue weighted by Crippen LogP contribution is -2.41. The molecule has 98 valence electrons. The summed E-state index contributed by atoms with van der Waals surface area (Å²) in [5.41, 5.74) is 0. The topological polar surface area (TPSA) is 42.4 Å². The van der Waals surface area contributed by atoms with Crippen LogP contribution in [0.15, 0.2) is 18.2 Å². The number of aromatic nitrogens is 1. The molecule has 1 saturated heterocycles. The van der Waals surface area contributed by atoms with Gasteiger partial charge in [-0.05, 0) is 6.07 Å². The second-order valence-corrected chi connectivity index (χ2v) is 4.35. The van der Waals surface area contributed by atoms with Gasteiger partial charge in [0.25, 0.3) is 0 Å². The van der Waals surface area contributed by atoms with E-state index in [4.69, 9.17) is 4.74 Å². The number of hydrogen-bond acceptors (Lipinski definition) is 3. The predicted octanol–water partition coefficient (Wildman–Crippen LogP) is 2.00. The lowest BCUT2D eigenvalue weighted by molar-refractivity contribution is -0.132. The number of halogens is 1. The Morgan fingerprint density at radius 1 is 1.50 bits per heavy atom. The molecule has 2 rings (SSSR count). The Labute approximate surface area is 106 Å². The van der Waals surface area contributed by atoms with E-state index in [0.717, 1.165) is 12.8 Å². The first-order valence-corrected chi connectivity index (χ1v) is 6.26. The van der Waals surface area contributed by atoms with Crippen LogP contribution >= 0.6 is 0 Å². The highest BCUT2D eigenvalue weighted by atomic mass is 19.1. The summed E-state index contributed by atoms with van der Waals surface area (Å²) < 4.78 is 18.5. The molecule has 2 heterocycles. The number of rotatable bonds is 3. The van der Waals surface area contributed by atoms with E-state index in [-0.39, 0.29) is 12.0 Å². The van der Waals surface area contributed by atoms with E-state index in [1.165, 1.54) is 6.07 Å². The number of carbonyl (C=O) groups is 1. The van der Waals surface area contributed by atoms with Crippen molar-refractivity contribution in [3.8, 4) is 5.88 Å². The van der Waals surface area contributed by atoms with Crippen molar-refractivity contribution in [1.29, 1.82) is 0 Å². The zero-order chi connectivity index (χ0) is 13.0. The van der Waals surface area contributed by atoms with Crippen LogP contribution in [-0.4, -0.2) is 35.0 Å². The Morgan fingerprint density at radius 3 is 2.83 bits per heavy atom. The molecule has 0 radical (unpaired) electrons. The summed E-state index contributed by atoms with van der Waals surface area (Å²) in [6.45, 7) is 3.26. The average molecular weight is 252 g/mol. The van der Waals surface area contributed by atoms with Crippen LogP contribution < -0.4 is 4.74 Å². The molecule has 1 aliphatic heterocycles. The molecule has 1 aliphatic rings. The zero-order valence-electron chi connectivity index (χ0n) is 10.4. The minimum Gasteiger partial charge on any atom is -0.474 e. The van der Waals surface area contributed by atoms with Gasteiger partial charge in [0.2, 0.25) is 17.7 Å². The summed E-state index contributed by atoms with van der Waals surface area (Å²) in [7, 11) is 0. The molecular weight excluding hydrogens is 235 g/mol. The van der Waals surface area contributed by atoms with Gasteiger partial charge >= 0.3 is 0 Å². The van der Waals surface area contributed by atoms with Gasteiger partial charge in [0.15, 0.2) is 0 Å². The first-order chi connectivity index (χ1) is 8.69. The van der Waals surface area contributed by atoms with E-state index >= 15 is 0 Å². The van der Waals surface area contributed by atoms with Crippen LogP contribution in [0, 0.1) is 5.95 Å². The SMILES string of the molecule is CCC(=O)N1CCC(Oc2cccc(F)n2)CC1. The highest BCUT2D eigenvalue weighted by molar-refractivity contribution is 5.75. The summed E-state index contributed by atoms with van der Waals surface area (Å²) in [4.78, 5) is 17.0. The number of amides is 1. The molecule has 0 aliphatic carbocycles. The Kier molecular flexibility index (Phi) is 4.12. The third-order valence-corrected chi connectivity index (χ3v) is 3.07. The molecule has 0 unspecified atom stereocenters. The minimum absolute atomic E-state index is 0.0141. The quantitative estimate of drug-likeness (QED) is 0.773. The van der Waals surface area contributed by atoms with E-state index in [0.29, 0.717) is 25.4 Å². The third-order valence-electron chi connectivity index (χ3n) is 3.07. The smallest absolute Gasteiger partial charge is 0.222 e. The number of pyridine rings is 1. The fraction of sp³-hybridized carbons (Fsp3) is 0.538. The molecule has 0 N–H and O–H groups in total. The lowest BCUT2D eigenvalue weighted by Gasteiger charge is -2.31. The molecule has 0 spiro atoms. The van der Waals surface area contributed by atoms with Gasteiger partial charge in [-0.25, -0.2) is 0 Å². The van der Waals surface area contributed by atoms with Crippen LogP contribution in [0.1, 0.15) is 26.2 Å². The fourth-order valence-electron chi connectivity index (χ4n) is 2.07. The van der Waals surface area contributed by atoms with E-state index < -0.39 is 5.95 Å². The van der Waals surface area contributed by atoms with E-state index in [2.05, 4.69) is 4.98 Å². The van der Waals surface area contributed by atoms with Crippen molar-refractivity contribution in [1.82, 2.24) is 9.88 Å². The predicted molar refractivity (Wildman–Crippen MR) is 64.7 cm³/mol. The van der Waals surface area contributed by atoms with Crippen molar-refractivity contribution in [2.75, 3.05) is 13.1 Å². The first-order valence-electron chi connectivity index (χ1n) is 6.26. The summed E-state index contributed by atoms with van der Waals surface area (Å²) in [6.07, 6.45) is 2.09. The van der Waals surface area contributed by atoms with Crippen molar-refractivity contribution in [2.24, 2.45) is 0 Å². The number of nitrogens with zero attached hydrogens (tertiary/aromatic N) is 2. The average Bonchev–Trinajstić information content (AvgIpc) is 2.39. The summed E-state index contributed by atoms with van der Waals surface area (Å²) >= 11 is 0. The molecular formula is C13H17FN2O2. The van der Waals surface area contributed by atoms with Gasteiger partial charge < -0.3 is 9.64 Å². The van der Waals surface area contributed by atoms with Gasteiger partial charge in [0.05, 0.1) is 0 Å². The van der Waals surface area contributed by atoms with E-state index in [9.17, 15) is 9.18 Å². The normalized spacial score (nSPS) is 16.7. The van der Waals surface area contributed by atoms with Crippen molar-refractivity contribution in [3.05, 3.63) is 24.1 Å². The largest absolute Gasteiger partial charge is 0.474 e. The monoisotopic (exact) mass is 252 g/mol. The summed E-state index contributed by atoms with van der Waals surface area (Å²) in [6, 6.07) is 4.51. The van der Waals surface area contributed by atoms with Crippen LogP contribution in [0.2, 0.25) is 0 Å². The van der Waals surface area contributed by atoms with E-state index in [1.807, 2.05) is 11.8 Å². The maximum Gasteiger partial charge on any atom is 0.222 e. The number of hydrogen-bond donors (Lipinski definition) is 0. The number of carbonyl (C=O) groups excluding carboxylic acids is 1. The Balaban J connectivity index is 1.85. The molecule has 1 fully saturated rings. The van der Waals surface area contributed by atoms with Crippen molar-refractivity contribution in [2.45, 2.75) is 32.3 Å². The first kappa shape index (κ1) is 12.8. The van der Waals surface area contributed by atoms with Crippen LogP contribution in [0.25, 0.3) is 0 Å². The van der Waals surface area contributed by atoms with Gasteiger partial charge in [0.1, 0.15) is 6.10 Å². The molecule has 1 aromatic rings. The standard InChI is InChI=1S/C13H17FN2O2/c1-2-13(17)16-8-6-10(7-9-16)18-12-5-3-4-11(14)15-12/h3-5,10H,2,6-9H2,1H3. The lowest BCUT2D eigenvalue weighted by atomic mass is 10.1. The highest BCUT2D eigenvalue weighted by Crippen LogP contribution is 2.17. The third kappa shape index (κ3) is 3.18. The zero-order valence-corrected chi connectivity index (χ0v) is 10.4. The van der Waals surface area contributed by atoms with Crippen molar-refractivity contribution in [3.63, 3.8) is 0 Å². The van der Waals surface area contributed by atoms with Crippen LogP contribution in [0.4, 0.5) is 4.39 Å². The summed E-state index contributed by atoms with van der Waals surface area (Å²) in [5, 5.41) is 0. The molecule has 5 heteroatoms. The van der Waals surface area contributed by atoms with Gasteiger partial charge in [-0.1, -0.05) is 13.0 Å². The molecule has 1 amide bonds. The molecule has 0 saturated carbocycles. The number of likely N-dealkylation sites (tertiary alicyclic amines) is 1. The van der Waals surface area contributed by atoms with Crippen LogP contribution in [-0.2, 0) is 4.79 Å². The highest BCUT2D eigenvalue weighted by Gasteiger charge is 2.23. The number of piperidine rings is 1. The fourth-order valence-corrected chi connectivity index (χ4v) is 2.07. The molecule has 0 atom stereocenters. The molecule has 18 heavy (non-hydrogen) atoms. The van der Waals surface area contributed by atoms with Crippen molar-refractivity contribution < 1.29 is 13.9 Å². The van der Waals surface area contributed by atoms with Crippen molar-refractivity contribution >= 4 is 5.91 Å². The Bertz CT molecular complexity index is 417. The molecule has 4 nitrogen and oxygen atoms in total. The number of ether oxygens (including phenoxy) is 1. The van der Waals surface area contributed by atoms with Crippen LogP contribution in [0.5, 0.6) is 5.88 Å². The maximum absolute atomic E-state index is 12.9.